The molecule has 2 aromatic heterocycles. The van der Waals surface area contributed by atoms with E-state index >= 15 is 0 Å². The Bertz CT molecular complexity index is 975. The zero-order valence-electron chi connectivity index (χ0n) is 15.0. The van der Waals surface area contributed by atoms with Gasteiger partial charge in [-0.05, 0) is 32.9 Å². The van der Waals surface area contributed by atoms with Gasteiger partial charge in [-0.3, -0.25) is 14.2 Å². The normalized spacial score (nSPS) is 12.2. The lowest BCUT2D eigenvalue weighted by molar-refractivity contribution is -0.119. The summed E-state index contributed by atoms with van der Waals surface area (Å²) in [4.78, 5) is 12.6. The summed E-state index contributed by atoms with van der Waals surface area (Å²) in [6.07, 6.45) is 1.75. The van der Waals surface area contributed by atoms with E-state index in [-0.39, 0.29) is 5.91 Å². The number of aryl methyl sites for hydroxylation is 1. The van der Waals surface area contributed by atoms with Crippen LogP contribution in [0.4, 0.5) is 5.82 Å². The summed E-state index contributed by atoms with van der Waals surface area (Å²) in [5.41, 5.74) is 2.21. The first-order chi connectivity index (χ1) is 12.8. The molecule has 6 nitrogen and oxygen atoms in total. The van der Waals surface area contributed by atoms with Crippen LogP contribution in [0.2, 0.25) is 15.1 Å². The van der Waals surface area contributed by atoms with Crippen molar-refractivity contribution in [1.82, 2.24) is 19.6 Å². The second-order valence-electron chi connectivity index (χ2n) is 6.19. The number of hydrogen-bond acceptors (Lipinski definition) is 3. The van der Waals surface area contributed by atoms with Gasteiger partial charge in [-0.1, -0.05) is 40.9 Å². The van der Waals surface area contributed by atoms with Gasteiger partial charge in [-0.15, -0.1) is 0 Å². The highest BCUT2D eigenvalue weighted by molar-refractivity contribution is 6.36. The highest BCUT2D eigenvalue weighted by Gasteiger charge is 2.21. The first-order valence-corrected chi connectivity index (χ1v) is 9.39. The van der Waals surface area contributed by atoms with Crippen molar-refractivity contribution < 1.29 is 4.79 Å². The Kier molecular flexibility index (Phi) is 5.79. The average molecular weight is 427 g/mol. The number of anilines is 1. The van der Waals surface area contributed by atoms with Crippen molar-refractivity contribution in [3.05, 3.63) is 62.5 Å². The molecule has 0 radical (unpaired) electrons. The molecule has 0 aliphatic carbocycles. The molecular formula is C18H18Cl3N5O. The minimum atomic E-state index is -0.528. The van der Waals surface area contributed by atoms with Crippen molar-refractivity contribution in [3.8, 4) is 0 Å². The fourth-order valence-electron chi connectivity index (χ4n) is 2.72. The quantitative estimate of drug-likeness (QED) is 0.631. The van der Waals surface area contributed by atoms with Crippen LogP contribution in [0.5, 0.6) is 0 Å². The molecule has 0 saturated carbocycles. The zero-order chi connectivity index (χ0) is 19.7. The van der Waals surface area contributed by atoms with Gasteiger partial charge in [0.05, 0.1) is 23.0 Å². The standard InChI is InChI=1S/C18H18Cl3N5O/c1-10-17(21)11(2)26(23-10)12(3)18(27)22-16-7-8-25(24-16)9-13-14(19)5-4-6-15(13)20/h4-8,12H,9H2,1-3H3,(H,22,24,27). The van der Waals surface area contributed by atoms with Gasteiger partial charge >= 0.3 is 0 Å². The summed E-state index contributed by atoms with van der Waals surface area (Å²) >= 11 is 18.5. The first kappa shape index (κ1) is 19.7. The highest BCUT2D eigenvalue weighted by atomic mass is 35.5. The molecule has 27 heavy (non-hydrogen) atoms. The molecule has 2 heterocycles. The second-order valence-corrected chi connectivity index (χ2v) is 7.39. The Hall–Kier alpha value is -2.02. The first-order valence-electron chi connectivity index (χ1n) is 8.26. The molecule has 1 aromatic carbocycles. The number of amides is 1. The third-order valence-corrected chi connectivity index (χ3v) is 5.51. The molecule has 142 valence electrons. The van der Waals surface area contributed by atoms with E-state index < -0.39 is 6.04 Å². The van der Waals surface area contributed by atoms with E-state index in [9.17, 15) is 4.79 Å². The van der Waals surface area contributed by atoms with Gasteiger partial charge in [0.2, 0.25) is 5.91 Å². The number of aromatic nitrogens is 4. The number of carbonyl (C=O) groups is 1. The number of rotatable bonds is 5. The fraction of sp³-hybridized carbons (Fsp3) is 0.278. The Labute approximate surface area is 172 Å². The maximum atomic E-state index is 12.6. The summed E-state index contributed by atoms with van der Waals surface area (Å²) in [6, 6.07) is 6.52. The number of benzene rings is 1. The number of nitrogens with one attached hydrogen (secondary N) is 1. The lowest BCUT2D eigenvalue weighted by atomic mass is 10.2. The van der Waals surface area contributed by atoms with E-state index in [0.717, 1.165) is 11.3 Å². The maximum absolute atomic E-state index is 12.6. The van der Waals surface area contributed by atoms with Gasteiger partial charge in [-0.2, -0.15) is 10.2 Å². The molecule has 1 amide bonds. The lowest BCUT2D eigenvalue weighted by Gasteiger charge is -2.13. The Morgan fingerprint density at radius 2 is 1.81 bits per heavy atom. The minimum Gasteiger partial charge on any atom is -0.307 e. The molecule has 1 atom stereocenters. The van der Waals surface area contributed by atoms with Gasteiger partial charge in [0.1, 0.15) is 6.04 Å². The van der Waals surface area contributed by atoms with E-state index in [2.05, 4.69) is 15.5 Å². The van der Waals surface area contributed by atoms with Crippen LogP contribution in [0.15, 0.2) is 30.5 Å². The van der Waals surface area contributed by atoms with Gasteiger partial charge in [-0.25, -0.2) is 0 Å². The molecule has 0 fully saturated rings. The SMILES string of the molecule is Cc1nn(C(C)C(=O)Nc2ccn(Cc3c(Cl)cccc3Cl)n2)c(C)c1Cl. The fourth-order valence-corrected chi connectivity index (χ4v) is 3.36. The largest absolute Gasteiger partial charge is 0.307 e. The summed E-state index contributed by atoms with van der Waals surface area (Å²) in [6.45, 7) is 5.79. The van der Waals surface area contributed by atoms with Crippen molar-refractivity contribution in [1.29, 1.82) is 0 Å². The van der Waals surface area contributed by atoms with E-state index in [4.69, 9.17) is 34.8 Å². The third-order valence-electron chi connectivity index (χ3n) is 4.26. The summed E-state index contributed by atoms with van der Waals surface area (Å²) in [7, 11) is 0. The molecule has 0 spiro atoms. The molecule has 3 rings (SSSR count). The topological polar surface area (TPSA) is 64.7 Å². The molecular weight excluding hydrogens is 409 g/mol. The highest BCUT2D eigenvalue weighted by Crippen LogP contribution is 2.25. The number of carbonyl (C=O) groups excluding carboxylic acids is 1. The van der Waals surface area contributed by atoms with Gasteiger partial charge in [0, 0.05) is 27.9 Å². The van der Waals surface area contributed by atoms with E-state index in [1.54, 1.807) is 53.7 Å². The average Bonchev–Trinajstić information content (AvgIpc) is 3.17. The molecule has 9 heteroatoms. The second kappa shape index (κ2) is 7.92. The van der Waals surface area contributed by atoms with E-state index in [1.807, 2.05) is 6.92 Å². The van der Waals surface area contributed by atoms with E-state index in [0.29, 0.717) is 33.1 Å². The van der Waals surface area contributed by atoms with Crippen LogP contribution in [0, 0.1) is 13.8 Å². The lowest BCUT2D eigenvalue weighted by Crippen LogP contribution is -2.25. The van der Waals surface area contributed by atoms with Crippen molar-refractivity contribution in [2.45, 2.75) is 33.4 Å². The zero-order valence-corrected chi connectivity index (χ0v) is 17.3. The van der Waals surface area contributed by atoms with Crippen molar-refractivity contribution >= 4 is 46.5 Å². The summed E-state index contributed by atoms with van der Waals surface area (Å²) in [5.74, 6) is 0.195. The Balaban J connectivity index is 1.72. The predicted molar refractivity (Wildman–Crippen MR) is 108 cm³/mol. The monoisotopic (exact) mass is 425 g/mol. The molecule has 0 bridgehead atoms. The van der Waals surface area contributed by atoms with Gasteiger partial charge < -0.3 is 5.32 Å². The van der Waals surface area contributed by atoms with Crippen molar-refractivity contribution in [3.63, 3.8) is 0 Å². The molecule has 1 N–H and O–H groups in total. The van der Waals surface area contributed by atoms with Crippen LogP contribution < -0.4 is 5.32 Å². The van der Waals surface area contributed by atoms with Crippen LogP contribution in [-0.4, -0.2) is 25.5 Å². The van der Waals surface area contributed by atoms with Crippen LogP contribution in [-0.2, 0) is 11.3 Å². The Morgan fingerprint density at radius 1 is 1.15 bits per heavy atom. The van der Waals surface area contributed by atoms with Crippen LogP contribution in [0.3, 0.4) is 0 Å². The molecule has 0 aliphatic rings. The molecule has 3 aromatic rings. The third kappa shape index (κ3) is 4.13. The minimum absolute atomic E-state index is 0.238. The predicted octanol–water partition coefficient (Wildman–Crippen LogP) is 4.90. The molecule has 1 unspecified atom stereocenters. The van der Waals surface area contributed by atoms with E-state index in [1.165, 1.54) is 0 Å². The maximum Gasteiger partial charge on any atom is 0.250 e. The molecule has 0 aliphatic heterocycles. The van der Waals surface area contributed by atoms with Gasteiger partial charge in [0.25, 0.3) is 0 Å². The van der Waals surface area contributed by atoms with Gasteiger partial charge in [0.15, 0.2) is 5.82 Å². The Morgan fingerprint density at radius 3 is 2.41 bits per heavy atom. The summed E-state index contributed by atoms with van der Waals surface area (Å²) < 4.78 is 3.26. The number of nitrogens with zero attached hydrogens (tertiary/aromatic N) is 4. The summed E-state index contributed by atoms with van der Waals surface area (Å²) in [5, 5.41) is 13.2. The number of halogens is 3. The van der Waals surface area contributed by atoms with Crippen molar-refractivity contribution in [2.75, 3.05) is 5.32 Å². The van der Waals surface area contributed by atoms with Crippen LogP contribution >= 0.6 is 34.8 Å². The van der Waals surface area contributed by atoms with Crippen LogP contribution in [0.25, 0.3) is 0 Å². The number of hydrogen-bond donors (Lipinski definition) is 1. The molecule has 0 saturated heterocycles. The van der Waals surface area contributed by atoms with Crippen molar-refractivity contribution in [2.24, 2.45) is 0 Å². The van der Waals surface area contributed by atoms with Crippen LogP contribution in [0.1, 0.15) is 29.9 Å². The smallest absolute Gasteiger partial charge is 0.250 e.